The molecule has 0 saturated heterocycles. The van der Waals surface area contributed by atoms with Gasteiger partial charge in [0.05, 0.1) is 0 Å². The molecule has 66 valence electrons. The van der Waals surface area contributed by atoms with Crippen LogP contribution in [0.2, 0.25) is 0 Å². The highest BCUT2D eigenvalue weighted by Gasteiger charge is 2.33. The van der Waals surface area contributed by atoms with Crippen LogP contribution in [0.15, 0.2) is 0 Å². The first-order chi connectivity index (χ1) is 5.23. The molecule has 1 atom stereocenters. The Hall–Kier alpha value is -0.0800. The van der Waals surface area contributed by atoms with Crippen molar-refractivity contribution < 1.29 is 5.11 Å². The summed E-state index contributed by atoms with van der Waals surface area (Å²) in [7, 11) is 0. The second-order valence-electron chi connectivity index (χ2n) is 4.00. The minimum absolute atomic E-state index is 0.00347. The van der Waals surface area contributed by atoms with Crippen LogP contribution in [0.1, 0.15) is 32.6 Å². The zero-order valence-corrected chi connectivity index (χ0v) is 7.34. The van der Waals surface area contributed by atoms with E-state index >= 15 is 0 Å². The number of nitrogens with two attached hydrogens (primary N) is 1. The highest BCUT2D eigenvalue weighted by molar-refractivity contribution is 4.85. The number of hydrogen-bond acceptors (Lipinski definition) is 2. The minimum atomic E-state index is -0.00347. The first-order valence-electron chi connectivity index (χ1n) is 4.54. The fraction of sp³-hybridized carbons (Fsp3) is 1.00. The van der Waals surface area contributed by atoms with Crippen molar-refractivity contribution in [1.29, 1.82) is 0 Å². The molecule has 0 aliphatic heterocycles. The van der Waals surface area contributed by atoms with Gasteiger partial charge in [-0.1, -0.05) is 19.8 Å². The fourth-order valence-corrected chi connectivity index (χ4v) is 1.98. The Morgan fingerprint density at radius 2 is 2.00 bits per heavy atom. The van der Waals surface area contributed by atoms with E-state index in [9.17, 15) is 0 Å². The van der Waals surface area contributed by atoms with E-state index in [1.165, 1.54) is 25.7 Å². The topological polar surface area (TPSA) is 46.2 Å². The van der Waals surface area contributed by atoms with E-state index in [0.717, 1.165) is 0 Å². The summed E-state index contributed by atoms with van der Waals surface area (Å²) in [6.45, 7) is 2.96. The molecule has 2 nitrogen and oxygen atoms in total. The summed E-state index contributed by atoms with van der Waals surface area (Å²) >= 11 is 0. The second-order valence-corrected chi connectivity index (χ2v) is 4.00. The first kappa shape index (κ1) is 9.01. The molecule has 0 radical (unpaired) electrons. The van der Waals surface area contributed by atoms with Crippen LogP contribution < -0.4 is 5.73 Å². The smallest absolute Gasteiger partial charge is 0.0499 e. The number of aliphatic hydroxyl groups excluding tert-OH is 1. The molecule has 1 unspecified atom stereocenters. The average molecular weight is 157 g/mol. The zero-order valence-electron chi connectivity index (χ0n) is 7.34. The molecule has 1 aliphatic rings. The van der Waals surface area contributed by atoms with Gasteiger partial charge in [0.25, 0.3) is 0 Å². The van der Waals surface area contributed by atoms with Crippen molar-refractivity contribution in [2.75, 3.05) is 13.2 Å². The van der Waals surface area contributed by atoms with Crippen LogP contribution in [0.25, 0.3) is 0 Å². The lowest BCUT2D eigenvalue weighted by Gasteiger charge is -2.32. The van der Waals surface area contributed by atoms with Gasteiger partial charge in [-0.2, -0.15) is 0 Å². The predicted molar refractivity (Wildman–Crippen MR) is 46.2 cm³/mol. The maximum atomic E-state index is 9.17. The molecule has 0 heterocycles. The van der Waals surface area contributed by atoms with Crippen LogP contribution in [0.4, 0.5) is 0 Å². The van der Waals surface area contributed by atoms with Crippen molar-refractivity contribution in [3.05, 3.63) is 0 Å². The van der Waals surface area contributed by atoms with Crippen molar-refractivity contribution in [3.8, 4) is 0 Å². The van der Waals surface area contributed by atoms with E-state index in [1.807, 2.05) is 0 Å². The zero-order chi connectivity index (χ0) is 8.32. The lowest BCUT2D eigenvalue weighted by atomic mass is 9.77. The van der Waals surface area contributed by atoms with E-state index in [-0.39, 0.29) is 12.0 Å². The van der Waals surface area contributed by atoms with E-state index in [0.29, 0.717) is 12.5 Å². The Balaban J connectivity index is 2.52. The van der Waals surface area contributed by atoms with Crippen molar-refractivity contribution in [2.24, 2.45) is 17.1 Å². The molecule has 2 heteroatoms. The van der Waals surface area contributed by atoms with Crippen molar-refractivity contribution in [2.45, 2.75) is 32.6 Å². The quantitative estimate of drug-likeness (QED) is 0.645. The van der Waals surface area contributed by atoms with Crippen LogP contribution in [0.3, 0.4) is 0 Å². The highest BCUT2D eigenvalue weighted by atomic mass is 16.3. The third-order valence-corrected chi connectivity index (χ3v) is 3.17. The standard InChI is InChI=1S/C9H19NO/c1-9(6-10,7-11)8-4-2-3-5-8/h8,11H,2-7,10H2,1H3. The van der Waals surface area contributed by atoms with Crippen molar-refractivity contribution in [3.63, 3.8) is 0 Å². The predicted octanol–water partition coefficient (Wildman–Crippen LogP) is 1.13. The maximum Gasteiger partial charge on any atom is 0.0499 e. The maximum absolute atomic E-state index is 9.17. The summed E-state index contributed by atoms with van der Waals surface area (Å²) in [5, 5.41) is 9.17. The molecule has 0 aromatic rings. The minimum Gasteiger partial charge on any atom is -0.396 e. The Bertz CT molecular complexity index is 115. The molecule has 11 heavy (non-hydrogen) atoms. The number of hydrogen-bond donors (Lipinski definition) is 2. The van der Waals surface area contributed by atoms with Gasteiger partial charge in [-0.05, 0) is 18.8 Å². The normalized spacial score (nSPS) is 25.4. The van der Waals surface area contributed by atoms with Gasteiger partial charge < -0.3 is 10.8 Å². The molecular formula is C9H19NO. The second kappa shape index (κ2) is 3.55. The summed E-state index contributed by atoms with van der Waals surface area (Å²) in [5.74, 6) is 0.664. The third-order valence-electron chi connectivity index (χ3n) is 3.17. The van der Waals surface area contributed by atoms with Gasteiger partial charge in [-0.3, -0.25) is 0 Å². The van der Waals surface area contributed by atoms with Crippen LogP contribution in [-0.2, 0) is 0 Å². The molecule has 1 fully saturated rings. The molecule has 1 aliphatic carbocycles. The lowest BCUT2D eigenvalue weighted by Crippen LogP contribution is -2.37. The average Bonchev–Trinajstić information content (AvgIpc) is 2.55. The lowest BCUT2D eigenvalue weighted by molar-refractivity contribution is 0.0887. The molecular weight excluding hydrogens is 138 g/mol. The van der Waals surface area contributed by atoms with Gasteiger partial charge in [0.2, 0.25) is 0 Å². The highest BCUT2D eigenvalue weighted by Crippen LogP contribution is 2.38. The Kier molecular flexibility index (Phi) is 2.90. The van der Waals surface area contributed by atoms with Gasteiger partial charge >= 0.3 is 0 Å². The summed E-state index contributed by atoms with van der Waals surface area (Å²) in [4.78, 5) is 0. The first-order valence-corrected chi connectivity index (χ1v) is 4.54. The number of rotatable bonds is 3. The van der Waals surface area contributed by atoms with Crippen LogP contribution in [0.5, 0.6) is 0 Å². The molecule has 3 N–H and O–H groups in total. The van der Waals surface area contributed by atoms with Gasteiger partial charge in [0.1, 0.15) is 0 Å². The van der Waals surface area contributed by atoms with Crippen molar-refractivity contribution >= 4 is 0 Å². The van der Waals surface area contributed by atoms with E-state index < -0.39 is 0 Å². The Morgan fingerprint density at radius 1 is 1.45 bits per heavy atom. The molecule has 0 aromatic carbocycles. The molecule has 0 spiro atoms. The fourth-order valence-electron chi connectivity index (χ4n) is 1.98. The SMILES string of the molecule is CC(CN)(CO)C1CCCC1. The van der Waals surface area contributed by atoms with E-state index in [1.54, 1.807) is 0 Å². The molecule has 0 aromatic heterocycles. The van der Waals surface area contributed by atoms with Gasteiger partial charge in [0.15, 0.2) is 0 Å². The summed E-state index contributed by atoms with van der Waals surface area (Å²) in [5.41, 5.74) is 5.63. The Morgan fingerprint density at radius 3 is 2.36 bits per heavy atom. The summed E-state index contributed by atoms with van der Waals surface area (Å²) < 4.78 is 0. The van der Waals surface area contributed by atoms with E-state index in [2.05, 4.69) is 6.92 Å². The van der Waals surface area contributed by atoms with Gasteiger partial charge in [-0.15, -0.1) is 0 Å². The molecule has 1 saturated carbocycles. The molecule has 1 rings (SSSR count). The van der Waals surface area contributed by atoms with E-state index in [4.69, 9.17) is 10.8 Å². The molecule has 0 bridgehead atoms. The summed E-state index contributed by atoms with van der Waals surface area (Å²) in [6.07, 6.45) is 5.16. The van der Waals surface area contributed by atoms with Crippen molar-refractivity contribution in [1.82, 2.24) is 0 Å². The Labute approximate surface area is 68.8 Å². The molecule has 0 amide bonds. The van der Waals surface area contributed by atoms with Crippen LogP contribution in [0, 0.1) is 11.3 Å². The monoisotopic (exact) mass is 157 g/mol. The van der Waals surface area contributed by atoms with Crippen LogP contribution >= 0.6 is 0 Å². The largest absolute Gasteiger partial charge is 0.396 e. The number of aliphatic hydroxyl groups is 1. The van der Waals surface area contributed by atoms with Crippen LogP contribution in [-0.4, -0.2) is 18.3 Å². The third kappa shape index (κ3) is 1.74. The van der Waals surface area contributed by atoms with Gasteiger partial charge in [0, 0.05) is 18.6 Å². The summed E-state index contributed by atoms with van der Waals surface area (Å²) in [6, 6.07) is 0. The van der Waals surface area contributed by atoms with Gasteiger partial charge in [-0.25, -0.2) is 0 Å².